The molecule has 21 heavy (non-hydrogen) atoms. The Kier molecular flexibility index (Phi) is 5.23. The molecule has 0 spiro atoms. The predicted octanol–water partition coefficient (Wildman–Crippen LogP) is 3.51. The Morgan fingerprint density at radius 1 is 1.24 bits per heavy atom. The van der Waals surface area contributed by atoms with Gasteiger partial charge in [-0.25, -0.2) is 0 Å². The maximum absolute atomic E-state index is 5.98. The summed E-state index contributed by atoms with van der Waals surface area (Å²) in [6, 6.07) is 2.13. The number of furan rings is 1. The lowest BCUT2D eigenvalue weighted by atomic mass is 10.1. The third-order valence-electron chi connectivity index (χ3n) is 3.97. The summed E-state index contributed by atoms with van der Waals surface area (Å²) in [4.78, 5) is 0. The molecule has 0 unspecified atom stereocenters. The Labute approximate surface area is 127 Å². The molecular formula is C17H27N3O. The minimum atomic E-state index is 0.710. The second-order valence-corrected chi connectivity index (χ2v) is 5.66. The molecule has 2 rings (SSSR count). The Hall–Kier alpha value is -1.55. The second kappa shape index (κ2) is 6.94. The van der Waals surface area contributed by atoms with Gasteiger partial charge < -0.3 is 9.73 Å². The topological polar surface area (TPSA) is 43.0 Å². The smallest absolute Gasteiger partial charge is 0.126 e. The van der Waals surface area contributed by atoms with E-state index in [2.05, 4.69) is 55.8 Å². The third-order valence-corrected chi connectivity index (χ3v) is 3.97. The van der Waals surface area contributed by atoms with Crippen LogP contribution in [0.15, 0.2) is 10.5 Å². The minimum absolute atomic E-state index is 0.710. The Morgan fingerprint density at radius 2 is 2.00 bits per heavy atom. The Morgan fingerprint density at radius 3 is 2.62 bits per heavy atom. The lowest BCUT2D eigenvalue weighted by Crippen LogP contribution is -2.13. The zero-order valence-electron chi connectivity index (χ0n) is 13.9. The fraction of sp³-hybridized carbons (Fsp3) is 0.588. The molecule has 0 atom stereocenters. The fourth-order valence-electron chi connectivity index (χ4n) is 2.77. The lowest BCUT2D eigenvalue weighted by molar-refractivity contribution is 0.426. The third kappa shape index (κ3) is 3.56. The molecule has 2 heterocycles. The molecule has 0 radical (unpaired) electrons. The van der Waals surface area contributed by atoms with E-state index in [4.69, 9.17) is 4.42 Å². The quantitative estimate of drug-likeness (QED) is 0.793. The predicted molar refractivity (Wildman–Crippen MR) is 85.6 cm³/mol. The van der Waals surface area contributed by atoms with Gasteiger partial charge in [0, 0.05) is 5.69 Å². The van der Waals surface area contributed by atoms with Gasteiger partial charge in [-0.1, -0.05) is 13.8 Å². The van der Waals surface area contributed by atoms with E-state index >= 15 is 0 Å². The zero-order valence-corrected chi connectivity index (χ0v) is 13.9. The lowest BCUT2D eigenvalue weighted by Gasteiger charge is -2.03. The first-order valence-electron chi connectivity index (χ1n) is 7.88. The molecule has 2 aromatic heterocycles. The molecule has 0 aliphatic rings. The van der Waals surface area contributed by atoms with Crippen LogP contribution < -0.4 is 5.32 Å². The first kappa shape index (κ1) is 15.8. The zero-order chi connectivity index (χ0) is 15.4. The van der Waals surface area contributed by atoms with Gasteiger partial charge in [0.25, 0.3) is 0 Å². The summed E-state index contributed by atoms with van der Waals surface area (Å²) in [6.07, 6.45) is 2.17. The van der Waals surface area contributed by atoms with E-state index in [-0.39, 0.29) is 0 Å². The van der Waals surface area contributed by atoms with E-state index in [0.29, 0.717) is 6.54 Å². The summed E-state index contributed by atoms with van der Waals surface area (Å²) in [5.41, 5.74) is 4.94. The van der Waals surface area contributed by atoms with Gasteiger partial charge in [-0.05, 0) is 57.4 Å². The van der Waals surface area contributed by atoms with Crippen molar-refractivity contribution in [3.05, 3.63) is 40.1 Å². The van der Waals surface area contributed by atoms with Gasteiger partial charge >= 0.3 is 0 Å². The van der Waals surface area contributed by atoms with Gasteiger partial charge in [0.15, 0.2) is 0 Å². The fourth-order valence-corrected chi connectivity index (χ4v) is 2.77. The number of hydrogen-bond donors (Lipinski definition) is 1. The summed E-state index contributed by atoms with van der Waals surface area (Å²) >= 11 is 0. The maximum Gasteiger partial charge on any atom is 0.126 e. The standard InChI is InChI=1S/C17H27N3O/c1-6-8-18-10-17-12(3)9-15(21-17)11-20-14(5)16(7-2)13(4)19-20/h9,18H,6-8,10-11H2,1-5H3. The van der Waals surface area contributed by atoms with Crippen LogP contribution >= 0.6 is 0 Å². The monoisotopic (exact) mass is 289 g/mol. The molecule has 0 fully saturated rings. The molecule has 1 N–H and O–H groups in total. The highest BCUT2D eigenvalue weighted by atomic mass is 16.3. The van der Waals surface area contributed by atoms with Crippen LogP contribution in [-0.2, 0) is 19.5 Å². The van der Waals surface area contributed by atoms with E-state index in [9.17, 15) is 0 Å². The molecule has 0 saturated heterocycles. The number of aromatic nitrogens is 2. The van der Waals surface area contributed by atoms with Crippen molar-refractivity contribution < 1.29 is 4.42 Å². The average molecular weight is 289 g/mol. The highest BCUT2D eigenvalue weighted by Gasteiger charge is 2.13. The van der Waals surface area contributed by atoms with Crippen LogP contribution in [0.25, 0.3) is 0 Å². The second-order valence-electron chi connectivity index (χ2n) is 5.66. The molecule has 0 saturated carbocycles. The van der Waals surface area contributed by atoms with Crippen molar-refractivity contribution in [3.63, 3.8) is 0 Å². The summed E-state index contributed by atoms with van der Waals surface area (Å²) in [6.45, 7) is 13.2. The van der Waals surface area contributed by atoms with Gasteiger partial charge in [0.2, 0.25) is 0 Å². The van der Waals surface area contributed by atoms with Crippen molar-refractivity contribution in [3.8, 4) is 0 Å². The number of rotatable bonds is 7. The first-order valence-corrected chi connectivity index (χ1v) is 7.88. The van der Waals surface area contributed by atoms with Crippen molar-refractivity contribution in [1.82, 2.24) is 15.1 Å². The van der Waals surface area contributed by atoms with Crippen LogP contribution in [0, 0.1) is 20.8 Å². The Balaban J connectivity index is 2.11. The molecule has 4 heteroatoms. The van der Waals surface area contributed by atoms with Crippen LogP contribution in [0.2, 0.25) is 0 Å². The van der Waals surface area contributed by atoms with E-state index in [1.807, 2.05) is 0 Å². The molecule has 4 nitrogen and oxygen atoms in total. The van der Waals surface area contributed by atoms with Crippen molar-refractivity contribution in [2.45, 2.75) is 60.5 Å². The average Bonchev–Trinajstić information content (AvgIpc) is 2.91. The molecule has 2 aromatic rings. The normalized spacial score (nSPS) is 11.3. The van der Waals surface area contributed by atoms with Gasteiger partial charge in [0.05, 0.1) is 18.8 Å². The molecule has 0 aliphatic heterocycles. The molecule has 116 valence electrons. The van der Waals surface area contributed by atoms with Gasteiger partial charge in [-0.15, -0.1) is 0 Å². The van der Waals surface area contributed by atoms with E-state index in [0.717, 1.165) is 43.1 Å². The Bertz CT molecular complexity index is 595. The van der Waals surface area contributed by atoms with Gasteiger partial charge in [-0.3, -0.25) is 4.68 Å². The molecule has 0 aliphatic carbocycles. The van der Waals surface area contributed by atoms with E-state index in [1.165, 1.54) is 16.8 Å². The van der Waals surface area contributed by atoms with E-state index < -0.39 is 0 Å². The van der Waals surface area contributed by atoms with Crippen LogP contribution in [0.4, 0.5) is 0 Å². The number of nitrogens with one attached hydrogen (secondary N) is 1. The number of nitrogens with zero attached hydrogens (tertiary/aromatic N) is 2. The maximum atomic E-state index is 5.98. The minimum Gasteiger partial charge on any atom is -0.462 e. The van der Waals surface area contributed by atoms with Crippen LogP contribution in [0.1, 0.15) is 54.3 Å². The molecule has 0 bridgehead atoms. The van der Waals surface area contributed by atoms with Gasteiger partial charge in [0.1, 0.15) is 11.5 Å². The van der Waals surface area contributed by atoms with Crippen LogP contribution in [0.5, 0.6) is 0 Å². The van der Waals surface area contributed by atoms with Crippen molar-refractivity contribution in [2.75, 3.05) is 6.54 Å². The largest absolute Gasteiger partial charge is 0.462 e. The SMILES string of the molecule is CCCNCc1oc(Cn2nc(C)c(CC)c2C)cc1C. The number of hydrogen-bond acceptors (Lipinski definition) is 3. The highest BCUT2D eigenvalue weighted by molar-refractivity contribution is 5.26. The first-order chi connectivity index (χ1) is 10.1. The van der Waals surface area contributed by atoms with Gasteiger partial charge in [-0.2, -0.15) is 5.10 Å². The summed E-state index contributed by atoms with van der Waals surface area (Å²) in [5, 5.41) is 8.02. The van der Waals surface area contributed by atoms with Crippen molar-refractivity contribution >= 4 is 0 Å². The van der Waals surface area contributed by atoms with Crippen LogP contribution in [-0.4, -0.2) is 16.3 Å². The van der Waals surface area contributed by atoms with Crippen molar-refractivity contribution in [1.29, 1.82) is 0 Å². The van der Waals surface area contributed by atoms with Crippen molar-refractivity contribution in [2.24, 2.45) is 0 Å². The van der Waals surface area contributed by atoms with Crippen LogP contribution in [0.3, 0.4) is 0 Å². The summed E-state index contributed by atoms with van der Waals surface area (Å²) in [5.74, 6) is 2.02. The highest BCUT2D eigenvalue weighted by Crippen LogP contribution is 2.19. The molecule has 0 amide bonds. The number of aryl methyl sites for hydroxylation is 2. The molecule has 0 aromatic carbocycles. The summed E-state index contributed by atoms with van der Waals surface area (Å²) < 4.78 is 8.03. The molecular weight excluding hydrogens is 262 g/mol. The summed E-state index contributed by atoms with van der Waals surface area (Å²) in [7, 11) is 0. The van der Waals surface area contributed by atoms with E-state index in [1.54, 1.807) is 0 Å².